The summed E-state index contributed by atoms with van der Waals surface area (Å²) in [7, 11) is 3.52. The van der Waals surface area contributed by atoms with Crippen molar-refractivity contribution in [1.29, 1.82) is 0 Å². The predicted octanol–water partition coefficient (Wildman–Crippen LogP) is 2.51. The van der Waals surface area contributed by atoms with Crippen LogP contribution in [-0.2, 0) is 9.47 Å². The van der Waals surface area contributed by atoms with Gasteiger partial charge in [-0.25, -0.2) is 9.97 Å². The molecule has 35 heavy (non-hydrogen) atoms. The van der Waals surface area contributed by atoms with E-state index in [4.69, 9.17) is 19.4 Å². The quantitative estimate of drug-likeness (QED) is 0.443. The summed E-state index contributed by atoms with van der Waals surface area (Å²) in [6, 6.07) is 6.43. The van der Waals surface area contributed by atoms with Gasteiger partial charge in [0, 0.05) is 61.4 Å². The zero-order valence-electron chi connectivity index (χ0n) is 19.6. The van der Waals surface area contributed by atoms with E-state index in [0.717, 1.165) is 54.2 Å². The zero-order valence-corrected chi connectivity index (χ0v) is 19.6. The lowest BCUT2D eigenvalue weighted by molar-refractivity contribution is 0.00732. The fourth-order valence-corrected chi connectivity index (χ4v) is 5.74. The van der Waals surface area contributed by atoms with Crippen LogP contribution in [0.5, 0.6) is 0 Å². The van der Waals surface area contributed by atoms with Gasteiger partial charge < -0.3 is 24.7 Å². The van der Waals surface area contributed by atoms with Crippen LogP contribution in [0.15, 0.2) is 36.8 Å². The maximum atomic E-state index is 13.2. The highest BCUT2D eigenvalue weighted by molar-refractivity contribution is 6.01. The second-order valence-corrected chi connectivity index (χ2v) is 9.68. The van der Waals surface area contributed by atoms with E-state index < -0.39 is 0 Å². The third kappa shape index (κ3) is 3.09. The summed E-state index contributed by atoms with van der Waals surface area (Å²) in [6.07, 6.45) is 7.49. The second-order valence-electron chi connectivity index (χ2n) is 9.68. The van der Waals surface area contributed by atoms with Crippen LogP contribution in [0.25, 0.3) is 27.9 Å². The van der Waals surface area contributed by atoms with Gasteiger partial charge >= 0.3 is 0 Å². The summed E-state index contributed by atoms with van der Waals surface area (Å²) < 4.78 is 15.0. The molecule has 0 bridgehead atoms. The molecular weight excluding hydrogens is 446 g/mol. The first-order valence-electron chi connectivity index (χ1n) is 12.1. The lowest BCUT2D eigenvalue weighted by Crippen LogP contribution is -2.51. The van der Waals surface area contributed by atoms with Gasteiger partial charge in [0.2, 0.25) is 0 Å². The van der Waals surface area contributed by atoms with E-state index in [1.165, 1.54) is 0 Å². The molecule has 1 amide bonds. The molecule has 1 unspecified atom stereocenters. The fourth-order valence-electron chi connectivity index (χ4n) is 5.74. The number of rotatable bonds is 6. The van der Waals surface area contributed by atoms with Crippen molar-refractivity contribution in [3.63, 3.8) is 0 Å². The molecule has 10 heteroatoms. The van der Waals surface area contributed by atoms with Crippen LogP contribution in [-0.4, -0.2) is 69.6 Å². The molecule has 3 aliphatic rings. The van der Waals surface area contributed by atoms with E-state index in [1.807, 2.05) is 25.4 Å². The molecule has 5 atom stereocenters. The first kappa shape index (κ1) is 20.8. The van der Waals surface area contributed by atoms with Crippen molar-refractivity contribution in [2.24, 2.45) is 11.8 Å². The van der Waals surface area contributed by atoms with E-state index in [-0.39, 0.29) is 18.1 Å². The number of hydrogen-bond donors (Lipinski definition) is 2. The molecule has 4 aromatic rings. The lowest BCUT2D eigenvalue weighted by Gasteiger charge is -2.35. The Kier molecular flexibility index (Phi) is 4.62. The molecule has 0 radical (unpaired) electrons. The molecule has 7 rings (SSSR count). The number of aromatic nitrogens is 5. The van der Waals surface area contributed by atoms with Crippen molar-refractivity contribution in [3.8, 4) is 11.3 Å². The standard InChI is InChI=1S/C25H27N7O3/c1-26-21-8-19(29-24-14(9-28-32(21)24)25(33)30-18-5-6-20(18)34-2)15-10-31(22-16-11-35-12-17(16)22)23-13(15)4-3-7-27-23/h3-4,7-10,16-18,20,22,26H,5-6,11-12H2,1-2H3,(H,30,33)/t16-,17+,18?,20-,22+/m0/s1. The number of nitrogens with one attached hydrogen (secondary N) is 2. The van der Waals surface area contributed by atoms with Gasteiger partial charge in [0.25, 0.3) is 5.91 Å². The van der Waals surface area contributed by atoms with Crippen LogP contribution < -0.4 is 10.6 Å². The van der Waals surface area contributed by atoms with E-state index in [9.17, 15) is 4.79 Å². The van der Waals surface area contributed by atoms with Gasteiger partial charge in [-0.05, 0) is 25.0 Å². The summed E-state index contributed by atoms with van der Waals surface area (Å²) >= 11 is 0. The average Bonchev–Trinajstić information content (AvgIpc) is 3.29. The Bertz CT molecular complexity index is 1450. The molecule has 3 fully saturated rings. The molecule has 4 aromatic heterocycles. The molecule has 1 saturated heterocycles. The number of amides is 1. The molecule has 180 valence electrons. The number of methoxy groups -OCH3 is 1. The average molecular weight is 474 g/mol. The highest BCUT2D eigenvalue weighted by Gasteiger charge is 2.55. The number of carbonyl (C=O) groups excluding carboxylic acids is 1. The van der Waals surface area contributed by atoms with E-state index in [0.29, 0.717) is 29.1 Å². The Morgan fingerprint density at radius 2 is 2.09 bits per heavy atom. The summed E-state index contributed by atoms with van der Waals surface area (Å²) in [5, 5.41) is 11.8. The minimum atomic E-state index is -0.187. The Hall–Kier alpha value is -3.50. The molecule has 10 nitrogen and oxygen atoms in total. The molecule has 2 aliphatic carbocycles. The van der Waals surface area contributed by atoms with Crippen LogP contribution in [0.1, 0.15) is 29.2 Å². The molecule has 0 spiro atoms. The SMILES string of the molecule is CNc1cc(-c2cn([C@H]3[C@@H]4COC[C@@H]43)c3ncccc23)nc2c(C(=O)NC3CC[C@@H]3OC)cnn12. The number of hydrogen-bond acceptors (Lipinski definition) is 7. The molecular formula is C25H27N7O3. The maximum absolute atomic E-state index is 13.2. The van der Waals surface area contributed by atoms with Gasteiger partial charge in [-0.3, -0.25) is 4.79 Å². The van der Waals surface area contributed by atoms with Crippen LogP contribution in [0.2, 0.25) is 0 Å². The number of ether oxygens (including phenoxy) is 2. The molecule has 0 aromatic carbocycles. The van der Waals surface area contributed by atoms with Crippen LogP contribution in [0, 0.1) is 11.8 Å². The Labute approximate surface area is 201 Å². The second kappa shape index (κ2) is 7.76. The van der Waals surface area contributed by atoms with E-state index in [1.54, 1.807) is 17.8 Å². The number of fused-ring (bicyclic) bond motifs is 3. The maximum Gasteiger partial charge on any atom is 0.257 e. The lowest BCUT2D eigenvalue weighted by atomic mass is 9.89. The third-order valence-corrected chi connectivity index (χ3v) is 7.90. The predicted molar refractivity (Wildman–Crippen MR) is 129 cm³/mol. The van der Waals surface area contributed by atoms with Gasteiger partial charge in [-0.1, -0.05) is 0 Å². The number of anilines is 1. The monoisotopic (exact) mass is 473 g/mol. The summed E-state index contributed by atoms with van der Waals surface area (Å²) in [6.45, 7) is 1.62. The van der Waals surface area contributed by atoms with Crippen molar-refractivity contribution in [2.75, 3.05) is 32.7 Å². The Morgan fingerprint density at radius 1 is 1.23 bits per heavy atom. The number of nitrogens with zero attached hydrogens (tertiary/aromatic N) is 5. The topological polar surface area (TPSA) is 108 Å². The van der Waals surface area contributed by atoms with Gasteiger partial charge in [-0.2, -0.15) is 9.61 Å². The molecule has 2 N–H and O–H groups in total. The van der Waals surface area contributed by atoms with Crippen molar-refractivity contribution >= 4 is 28.4 Å². The van der Waals surface area contributed by atoms with Crippen molar-refractivity contribution in [2.45, 2.75) is 31.0 Å². The van der Waals surface area contributed by atoms with Crippen LogP contribution >= 0.6 is 0 Å². The molecule has 5 heterocycles. The highest BCUT2D eigenvalue weighted by atomic mass is 16.5. The number of carbonyl (C=O) groups is 1. The van der Waals surface area contributed by atoms with Gasteiger partial charge in [0.05, 0.1) is 37.3 Å². The largest absolute Gasteiger partial charge is 0.381 e. The molecule has 1 aliphatic heterocycles. The Morgan fingerprint density at radius 3 is 2.83 bits per heavy atom. The summed E-state index contributed by atoms with van der Waals surface area (Å²) in [5.74, 6) is 1.67. The van der Waals surface area contributed by atoms with Gasteiger partial charge in [0.15, 0.2) is 5.65 Å². The third-order valence-electron chi connectivity index (χ3n) is 7.90. The highest BCUT2D eigenvalue weighted by Crippen LogP contribution is 2.55. The first-order valence-corrected chi connectivity index (χ1v) is 12.1. The minimum absolute atomic E-state index is 0.0143. The first-order chi connectivity index (χ1) is 17.2. The van der Waals surface area contributed by atoms with Crippen LogP contribution in [0.3, 0.4) is 0 Å². The zero-order chi connectivity index (χ0) is 23.7. The van der Waals surface area contributed by atoms with Crippen LogP contribution in [0.4, 0.5) is 5.82 Å². The summed E-state index contributed by atoms with van der Waals surface area (Å²) in [4.78, 5) is 22.8. The van der Waals surface area contributed by atoms with Gasteiger partial charge in [-0.15, -0.1) is 0 Å². The smallest absolute Gasteiger partial charge is 0.257 e. The fraction of sp³-hybridized carbons (Fsp3) is 0.440. The number of pyridine rings is 1. The van der Waals surface area contributed by atoms with Crippen molar-refractivity contribution in [1.82, 2.24) is 29.5 Å². The van der Waals surface area contributed by atoms with E-state index >= 15 is 0 Å². The Balaban J connectivity index is 1.32. The van der Waals surface area contributed by atoms with E-state index in [2.05, 4.69) is 32.6 Å². The molecule has 2 saturated carbocycles. The van der Waals surface area contributed by atoms with Crippen molar-refractivity contribution < 1.29 is 14.3 Å². The minimum Gasteiger partial charge on any atom is -0.381 e. The summed E-state index contributed by atoms with van der Waals surface area (Å²) in [5.41, 5.74) is 3.68. The normalized spacial score (nSPS) is 27.1. The van der Waals surface area contributed by atoms with Crippen molar-refractivity contribution in [3.05, 3.63) is 42.4 Å². The van der Waals surface area contributed by atoms with Gasteiger partial charge in [0.1, 0.15) is 17.0 Å².